The summed E-state index contributed by atoms with van der Waals surface area (Å²) in [5, 5.41) is 19.8. The topological polar surface area (TPSA) is 81.3 Å². The third-order valence-corrected chi connectivity index (χ3v) is 1.85. The van der Waals surface area contributed by atoms with Crippen LogP contribution < -0.4 is 10.2 Å². The largest absolute Gasteiger partial charge is 0.497 e. The molecule has 0 spiro atoms. The van der Waals surface area contributed by atoms with Crippen molar-refractivity contribution in [1.82, 2.24) is 0 Å². The van der Waals surface area contributed by atoms with E-state index in [0.717, 1.165) is 11.4 Å². The molecule has 0 radical (unpaired) electrons. The van der Waals surface area contributed by atoms with Gasteiger partial charge in [-0.1, -0.05) is 0 Å². The zero-order valence-electron chi connectivity index (χ0n) is 9.11. The van der Waals surface area contributed by atoms with Gasteiger partial charge in [0.05, 0.1) is 18.5 Å². The predicted molar refractivity (Wildman–Crippen MR) is 63.1 cm³/mol. The van der Waals surface area contributed by atoms with Crippen LogP contribution in [-0.4, -0.2) is 18.5 Å². The quantitative estimate of drug-likeness (QED) is 0.596. The summed E-state index contributed by atoms with van der Waals surface area (Å²) in [6.07, 6.45) is 0. The predicted octanol–water partition coefficient (Wildman–Crippen LogP) is 2.03. The first-order valence-corrected chi connectivity index (χ1v) is 4.60. The number of hydrogen-bond donors (Lipinski definition) is 2. The van der Waals surface area contributed by atoms with Crippen molar-refractivity contribution in [2.45, 2.75) is 6.92 Å². The minimum Gasteiger partial charge on any atom is -0.497 e. The molecular weight excluding hydrogens is 204 g/mol. The SMILES string of the molecule is COc1ccc(N/N=C(\C#N)C(C)=N)cc1. The van der Waals surface area contributed by atoms with Gasteiger partial charge in [-0.2, -0.15) is 10.4 Å². The fourth-order valence-corrected chi connectivity index (χ4v) is 0.979. The Morgan fingerprint density at radius 2 is 2.06 bits per heavy atom. The van der Waals surface area contributed by atoms with E-state index in [1.165, 1.54) is 6.92 Å². The summed E-state index contributed by atoms with van der Waals surface area (Å²) in [6, 6.07) is 8.94. The van der Waals surface area contributed by atoms with Crippen LogP contribution >= 0.6 is 0 Å². The lowest BCUT2D eigenvalue weighted by molar-refractivity contribution is 0.415. The molecule has 0 aliphatic heterocycles. The van der Waals surface area contributed by atoms with Gasteiger partial charge < -0.3 is 10.1 Å². The van der Waals surface area contributed by atoms with Crippen molar-refractivity contribution in [3.8, 4) is 11.8 Å². The van der Waals surface area contributed by atoms with Gasteiger partial charge in [0.25, 0.3) is 0 Å². The maximum atomic E-state index is 8.68. The van der Waals surface area contributed by atoms with Crippen molar-refractivity contribution in [3.63, 3.8) is 0 Å². The molecule has 0 saturated carbocycles. The molecule has 0 aromatic heterocycles. The Balaban J connectivity index is 2.74. The molecule has 0 bridgehead atoms. The van der Waals surface area contributed by atoms with Gasteiger partial charge >= 0.3 is 0 Å². The van der Waals surface area contributed by atoms with E-state index in [9.17, 15) is 0 Å². The molecule has 2 N–H and O–H groups in total. The molecule has 1 aromatic rings. The second-order valence-electron chi connectivity index (χ2n) is 3.04. The summed E-state index contributed by atoms with van der Waals surface area (Å²) in [6.45, 7) is 1.51. The average molecular weight is 216 g/mol. The summed E-state index contributed by atoms with van der Waals surface area (Å²) < 4.78 is 5.00. The van der Waals surface area contributed by atoms with Gasteiger partial charge in [0.1, 0.15) is 11.8 Å². The lowest BCUT2D eigenvalue weighted by Crippen LogP contribution is -2.08. The average Bonchev–Trinajstić information content (AvgIpc) is 2.30. The van der Waals surface area contributed by atoms with E-state index in [-0.39, 0.29) is 11.4 Å². The lowest BCUT2D eigenvalue weighted by atomic mass is 10.3. The Hall–Kier alpha value is -2.35. The Bertz CT molecular complexity index is 442. The highest BCUT2D eigenvalue weighted by atomic mass is 16.5. The van der Waals surface area contributed by atoms with Crippen LogP contribution in [0.3, 0.4) is 0 Å². The van der Waals surface area contributed by atoms with Crippen molar-refractivity contribution >= 4 is 17.1 Å². The number of nitrogens with zero attached hydrogens (tertiary/aromatic N) is 2. The molecule has 5 nitrogen and oxygen atoms in total. The number of ether oxygens (including phenoxy) is 1. The standard InChI is InChI=1S/C11H12N4O/c1-8(13)11(7-12)15-14-9-3-5-10(16-2)6-4-9/h3-6,13-14H,1-2H3/b13-8?,15-11+. The number of hydrazone groups is 1. The summed E-state index contributed by atoms with van der Waals surface area (Å²) in [4.78, 5) is 0. The van der Waals surface area contributed by atoms with Crippen LogP contribution in [0.5, 0.6) is 5.75 Å². The molecule has 0 amide bonds. The minimum absolute atomic E-state index is 0.0656. The van der Waals surface area contributed by atoms with Gasteiger partial charge in [-0.05, 0) is 31.2 Å². The lowest BCUT2D eigenvalue weighted by Gasteiger charge is -2.02. The third-order valence-electron chi connectivity index (χ3n) is 1.85. The second-order valence-corrected chi connectivity index (χ2v) is 3.04. The first kappa shape index (κ1) is 11.7. The van der Waals surface area contributed by atoms with E-state index in [2.05, 4.69) is 10.5 Å². The maximum Gasteiger partial charge on any atom is 0.181 e. The van der Waals surface area contributed by atoms with Gasteiger partial charge in [-0.3, -0.25) is 5.43 Å². The number of nitriles is 1. The molecule has 16 heavy (non-hydrogen) atoms. The molecule has 82 valence electrons. The van der Waals surface area contributed by atoms with Crippen LogP contribution in [0.25, 0.3) is 0 Å². The molecule has 0 aliphatic carbocycles. The van der Waals surface area contributed by atoms with E-state index in [1.807, 2.05) is 6.07 Å². The van der Waals surface area contributed by atoms with Gasteiger partial charge in [0.2, 0.25) is 0 Å². The van der Waals surface area contributed by atoms with Crippen LogP contribution in [0.1, 0.15) is 6.92 Å². The van der Waals surface area contributed by atoms with Crippen molar-refractivity contribution in [3.05, 3.63) is 24.3 Å². The smallest absolute Gasteiger partial charge is 0.181 e. The van der Waals surface area contributed by atoms with Crippen molar-refractivity contribution in [1.29, 1.82) is 10.7 Å². The number of anilines is 1. The molecule has 0 fully saturated rings. The highest BCUT2D eigenvalue weighted by molar-refractivity contribution is 6.46. The summed E-state index contributed by atoms with van der Waals surface area (Å²) >= 11 is 0. The Labute approximate surface area is 93.9 Å². The molecule has 0 saturated heterocycles. The number of benzene rings is 1. The van der Waals surface area contributed by atoms with Crippen LogP contribution in [-0.2, 0) is 0 Å². The van der Waals surface area contributed by atoms with Gasteiger partial charge in [-0.25, -0.2) is 0 Å². The van der Waals surface area contributed by atoms with Gasteiger partial charge in [-0.15, -0.1) is 0 Å². The van der Waals surface area contributed by atoms with E-state index < -0.39 is 0 Å². The highest BCUT2D eigenvalue weighted by Gasteiger charge is 1.99. The monoisotopic (exact) mass is 216 g/mol. The zero-order valence-corrected chi connectivity index (χ0v) is 9.11. The molecule has 1 aromatic carbocycles. The molecule has 0 aliphatic rings. The molecule has 0 heterocycles. The fraction of sp³-hybridized carbons (Fsp3) is 0.182. The molecule has 5 heteroatoms. The van der Waals surface area contributed by atoms with E-state index >= 15 is 0 Å². The van der Waals surface area contributed by atoms with Crippen LogP contribution in [0.15, 0.2) is 29.4 Å². The van der Waals surface area contributed by atoms with E-state index in [1.54, 1.807) is 31.4 Å². The third kappa shape index (κ3) is 3.10. The maximum absolute atomic E-state index is 8.68. The van der Waals surface area contributed by atoms with Crippen LogP contribution in [0.2, 0.25) is 0 Å². The highest BCUT2D eigenvalue weighted by Crippen LogP contribution is 2.14. The first-order chi connectivity index (χ1) is 7.67. The summed E-state index contributed by atoms with van der Waals surface area (Å²) in [5.74, 6) is 0.748. The molecule has 0 atom stereocenters. The molecular formula is C11H12N4O. The van der Waals surface area contributed by atoms with Crippen molar-refractivity contribution < 1.29 is 4.74 Å². The zero-order chi connectivity index (χ0) is 12.0. The molecule has 1 rings (SSSR count). The fourth-order valence-electron chi connectivity index (χ4n) is 0.979. The number of nitrogens with one attached hydrogen (secondary N) is 2. The normalized spacial score (nSPS) is 10.4. The van der Waals surface area contributed by atoms with Crippen molar-refractivity contribution in [2.75, 3.05) is 12.5 Å². The summed E-state index contributed by atoms with van der Waals surface area (Å²) in [7, 11) is 1.59. The first-order valence-electron chi connectivity index (χ1n) is 4.60. The number of hydrogen-bond acceptors (Lipinski definition) is 5. The Morgan fingerprint density at radius 3 is 2.50 bits per heavy atom. The second kappa shape index (κ2) is 5.51. The van der Waals surface area contributed by atoms with Gasteiger partial charge in [0.15, 0.2) is 5.71 Å². The number of methoxy groups -OCH3 is 1. The number of rotatable bonds is 4. The van der Waals surface area contributed by atoms with Gasteiger partial charge in [0, 0.05) is 0 Å². The minimum atomic E-state index is 0.0656. The van der Waals surface area contributed by atoms with E-state index in [0.29, 0.717) is 0 Å². The van der Waals surface area contributed by atoms with E-state index in [4.69, 9.17) is 15.4 Å². The Kier molecular flexibility index (Phi) is 4.04. The van der Waals surface area contributed by atoms with Crippen molar-refractivity contribution in [2.24, 2.45) is 5.10 Å². The summed E-state index contributed by atoms with van der Waals surface area (Å²) in [5.41, 5.74) is 3.62. The van der Waals surface area contributed by atoms with Crippen LogP contribution in [0.4, 0.5) is 5.69 Å². The van der Waals surface area contributed by atoms with Crippen LogP contribution in [0, 0.1) is 16.7 Å². The molecule has 0 unspecified atom stereocenters. The Morgan fingerprint density at radius 1 is 1.44 bits per heavy atom.